The predicted molar refractivity (Wildman–Crippen MR) is 90.8 cm³/mol. The minimum Gasteiger partial charge on any atom is -0.502 e. The fourth-order valence-electron chi connectivity index (χ4n) is 1.91. The molecule has 0 radical (unpaired) electrons. The van der Waals surface area contributed by atoms with Gasteiger partial charge in [0.05, 0.1) is 36.7 Å². The molecule has 0 bridgehead atoms. The Balaban J connectivity index is 2.23. The Labute approximate surface area is 143 Å². The maximum atomic E-state index is 11.0. The second-order valence-corrected chi connectivity index (χ2v) is 5.05. The number of carbonyl (C=O) groups is 1. The van der Waals surface area contributed by atoms with Crippen LogP contribution < -0.4 is 14.9 Å². The number of halogens is 1. The Morgan fingerprint density at radius 3 is 2.38 bits per heavy atom. The number of nitrogens with one attached hydrogen (secondary N) is 1. The van der Waals surface area contributed by atoms with Crippen LogP contribution in [0.15, 0.2) is 35.4 Å². The summed E-state index contributed by atoms with van der Waals surface area (Å²) in [4.78, 5) is 11.0. The zero-order valence-electron chi connectivity index (χ0n) is 12.9. The Kier molecular flexibility index (Phi) is 5.49. The number of methoxy groups -OCH3 is 2. The zero-order chi connectivity index (χ0) is 17.7. The number of phenolic OH excluding ortho intramolecular Hbond substituents is 1. The summed E-state index contributed by atoms with van der Waals surface area (Å²) in [7, 11) is 2.84. The number of nitrogens with zero attached hydrogens (tertiary/aromatic N) is 1. The molecular formula is C16H15ClN2O5. The average Bonchev–Trinajstić information content (AvgIpc) is 2.57. The first-order chi connectivity index (χ1) is 11.5. The van der Waals surface area contributed by atoms with Gasteiger partial charge in [-0.25, -0.2) is 4.79 Å². The van der Waals surface area contributed by atoms with Gasteiger partial charge in [-0.15, -0.1) is 0 Å². The van der Waals surface area contributed by atoms with Gasteiger partial charge in [-0.1, -0.05) is 11.6 Å². The smallest absolute Gasteiger partial charge is 0.335 e. The van der Waals surface area contributed by atoms with Crippen LogP contribution in [0.25, 0.3) is 0 Å². The highest BCUT2D eigenvalue weighted by Gasteiger charge is 2.10. The van der Waals surface area contributed by atoms with E-state index in [0.29, 0.717) is 16.3 Å². The molecular weight excluding hydrogens is 336 g/mol. The maximum absolute atomic E-state index is 11.0. The molecule has 7 nitrogen and oxygen atoms in total. The summed E-state index contributed by atoms with van der Waals surface area (Å²) >= 11 is 6.00. The largest absolute Gasteiger partial charge is 0.502 e. The van der Waals surface area contributed by atoms with Gasteiger partial charge in [-0.05, 0) is 30.3 Å². The van der Waals surface area contributed by atoms with Gasteiger partial charge in [-0.2, -0.15) is 5.10 Å². The monoisotopic (exact) mass is 350 g/mol. The first-order valence-electron chi connectivity index (χ1n) is 6.73. The minimum atomic E-state index is -1.06. The van der Waals surface area contributed by atoms with Crippen LogP contribution in [0.2, 0.25) is 5.02 Å². The van der Waals surface area contributed by atoms with Crippen LogP contribution in [0, 0.1) is 0 Å². The summed E-state index contributed by atoms with van der Waals surface area (Å²) in [6, 6.07) is 7.38. The van der Waals surface area contributed by atoms with Gasteiger partial charge in [0.2, 0.25) is 5.75 Å². The van der Waals surface area contributed by atoms with Gasteiger partial charge >= 0.3 is 5.97 Å². The van der Waals surface area contributed by atoms with Crippen molar-refractivity contribution in [2.45, 2.75) is 0 Å². The number of rotatable bonds is 6. The van der Waals surface area contributed by atoms with Crippen molar-refractivity contribution in [2.75, 3.05) is 19.6 Å². The minimum absolute atomic E-state index is 0.0880. The third-order valence-corrected chi connectivity index (χ3v) is 3.44. The summed E-state index contributed by atoms with van der Waals surface area (Å²) in [5.41, 5.74) is 3.71. The Morgan fingerprint density at radius 2 is 1.83 bits per heavy atom. The molecule has 0 saturated heterocycles. The first kappa shape index (κ1) is 17.4. The van der Waals surface area contributed by atoms with E-state index in [-0.39, 0.29) is 22.8 Å². The van der Waals surface area contributed by atoms with E-state index in [1.165, 1.54) is 38.6 Å². The first-order valence-corrected chi connectivity index (χ1v) is 7.11. The molecule has 0 aliphatic rings. The quantitative estimate of drug-likeness (QED) is 0.546. The molecule has 0 aromatic heterocycles. The van der Waals surface area contributed by atoms with Crippen molar-refractivity contribution < 1.29 is 24.5 Å². The second kappa shape index (κ2) is 7.56. The highest BCUT2D eigenvalue weighted by molar-refractivity contribution is 6.33. The summed E-state index contributed by atoms with van der Waals surface area (Å²) in [5.74, 6) is -0.697. The molecule has 0 amide bonds. The van der Waals surface area contributed by atoms with E-state index in [1.54, 1.807) is 12.1 Å². The fourth-order valence-corrected chi connectivity index (χ4v) is 2.07. The van der Waals surface area contributed by atoms with E-state index in [2.05, 4.69) is 10.5 Å². The zero-order valence-corrected chi connectivity index (χ0v) is 13.7. The fraction of sp³-hybridized carbons (Fsp3) is 0.125. The molecule has 0 atom stereocenters. The van der Waals surface area contributed by atoms with E-state index in [4.69, 9.17) is 26.2 Å². The van der Waals surface area contributed by atoms with Gasteiger partial charge in [0.25, 0.3) is 0 Å². The SMILES string of the molecule is COc1cc(C=NNc2cc(C(=O)O)ccc2Cl)cc(OC)c1O. The van der Waals surface area contributed by atoms with Gasteiger partial charge in [-0.3, -0.25) is 5.43 Å². The molecule has 2 aromatic carbocycles. The normalized spacial score (nSPS) is 10.6. The number of anilines is 1. The van der Waals surface area contributed by atoms with Gasteiger partial charge in [0, 0.05) is 5.56 Å². The highest BCUT2D eigenvalue weighted by Crippen LogP contribution is 2.36. The van der Waals surface area contributed by atoms with Crippen LogP contribution in [0.4, 0.5) is 5.69 Å². The van der Waals surface area contributed by atoms with Gasteiger partial charge in [0.15, 0.2) is 11.5 Å². The van der Waals surface area contributed by atoms with Crippen molar-refractivity contribution >= 4 is 29.5 Å². The standard InChI is InChI=1S/C16H15ClN2O5/c1-23-13-5-9(6-14(24-2)15(13)20)8-18-19-12-7-10(16(21)22)3-4-11(12)17/h3-8,19-20H,1-2H3,(H,21,22). The molecule has 0 saturated carbocycles. The number of carboxylic acid groups (broad SMARTS) is 1. The van der Waals surface area contributed by atoms with E-state index in [1.807, 2.05) is 0 Å². The third-order valence-electron chi connectivity index (χ3n) is 3.11. The Bertz CT molecular complexity index is 767. The van der Waals surface area contributed by atoms with Crippen molar-refractivity contribution in [3.63, 3.8) is 0 Å². The summed E-state index contributed by atoms with van der Waals surface area (Å²) in [5, 5.41) is 23.2. The number of aromatic hydroxyl groups is 1. The lowest BCUT2D eigenvalue weighted by Crippen LogP contribution is -1.99. The lowest BCUT2D eigenvalue weighted by Gasteiger charge is -2.09. The molecule has 8 heteroatoms. The van der Waals surface area contributed by atoms with Crippen molar-refractivity contribution in [1.29, 1.82) is 0 Å². The molecule has 2 rings (SSSR count). The van der Waals surface area contributed by atoms with Crippen molar-refractivity contribution in [3.05, 3.63) is 46.5 Å². The van der Waals surface area contributed by atoms with Gasteiger partial charge < -0.3 is 19.7 Å². The van der Waals surface area contributed by atoms with Crippen LogP contribution >= 0.6 is 11.6 Å². The van der Waals surface area contributed by atoms with Crippen LogP contribution in [-0.2, 0) is 0 Å². The van der Waals surface area contributed by atoms with Crippen LogP contribution in [0.3, 0.4) is 0 Å². The van der Waals surface area contributed by atoms with E-state index < -0.39 is 5.97 Å². The number of hydrogen-bond donors (Lipinski definition) is 3. The second-order valence-electron chi connectivity index (χ2n) is 4.64. The number of aromatic carboxylic acids is 1. The number of hydrazone groups is 1. The predicted octanol–water partition coefficient (Wildman–Crippen LogP) is 3.21. The lowest BCUT2D eigenvalue weighted by molar-refractivity contribution is 0.0697. The average molecular weight is 351 g/mol. The number of hydrogen-bond acceptors (Lipinski definition) is 6. The molecule has 0 fully saturated rings. The van der Waals surface area contributed by atoms with Crippen LogP contribution in [-0.4, -0.2) is 36.6 Å². The molecule has 3 N–H and O–H groups in total. The van der Waals surface area contributed by atoms with E-state index in [0.717, 1.165) is 0 Å². The topological polar surface area (TPSA) is 100 Å². The molecule has 24 heavy (non-hydrogen) atoms. The van der Waals surface area contributed by atoms with Crippen LogP contribution in [0.1, 0.15) is 15.9 Å². The molecule has 0 aliphatic heterocycles. The summed E-state index contributed by atoms with van der Waals surface area (Å²) in [6.45, 7) is 0. The number of ether oxygens (including phenoxy) is 2. The lowest BCUT2D eigenvalue weighted by atomic mass is 10.2. The van der Waals surface area contributed by atoms with Crippen molar-refractivity contribution in [2.24, 2.45) is 5.10 Å². The van der Waals surface area contributed by atoms with Crippen molar-refractivity contribution in [1.82, 2.24) is 0 Å². The number of phenols is 1. The molecule has 0 heterocycles. The van der Waals surface area contributed by atoms with Crippen LogP contribution in [0.5, 0.6) is 17.2 Å². The van der Waals surface area contributed by atoms with E-state index >= 15 is 0 Å². The molecule has 126 valence electrons. The van der Waals surface area contributed by atoms with Crippen molar-refractivity contribution in [3.8, 4) is 17.2 Å². The summed E-state index contributed by atoms with van der Waals surface area (Å²) < 4.78 is 10.1. The molecule has 0 spiro atoms. The molecule has 0 unspecified atom stereocenters. The number of carboxylic acids is 1. The van der Waals surface area contributed by atoms with Gasteiger partial charge in [0.1, 0.15) is 0 Å². The molecule has 0 aliphatic carbocycles. The van der Waals surface area contributed by atoms with E-state index in [9.17, 15) is 9.90 Å². The maximum Gasteiger partial charge on any atom is 0.335 e. The highest BCUT2D eigenvalue weighted by atomic mass is 35.5. The Hall–Kier alpha value is -2.93. The Morgan fingerprint density at radius 1 is 1.21 bits per heavy atom. The molecule has 2 aromatic rings. The number of benzene rings is 2. The third kappa shape index (κ3) is 3.88. The summed E-state index contributed by atoms with van der Waals surface area (Å²) in [6.07, 6.45) is 1.45.